The Balaban J connectivity index is 1.39. The maximum atomic E-state index is 13.8. The summed E-state index contributed by atoms with van der Waals surface area (Å²) in [5, 5.41) is 34.5. The summed E-state index contributed by atoms with van der Waals surface area (Å²) in [6.45, 7) is 0.711. The molecule has 1 saturated heterocycles. The molecule has 0 spiro atoms. The minimum Gasteiger partial charge on any atom is -0.480 e. The zero-order valence-corrected chi connectivity index (χ0v) is 21.9. The fraction of sp³-hybridized carbons (Fsp3) is 0.304. The number of rotatable bonds is 9. The number of nitrogens with two attached hydrogens (primary N) is 1. The number of nitrogens with zero attached hydrogens (tertiary/aromatic N) is 4. The number of hydrogen-bond acceptors (Lipinski definition) is 11. The van der Waals surface area contributed by atoms with Crippen LogP contribution in [0.25, 0.3) is 21.9 Å². The van der Waals surface area contributed by atoms with Gasteiger partial charge in [0.2, 0.25) is 5.28 Å². The van der Waals surface area contributed by atoms with Crippen LogP contribution >= 0.6 is 19.3 Å². The predicted octanol–water partition coefficient (Wildman–Crippen LogP) is 2.10. The topological polar surface area (TPSA) is 204 Å². The summed E-state index contributed by atoms with van der Waals surface area (Å²) in [7, 11) is -4.38. The number of carboxylic acid groups (broad SMARTS) is 1. The fourth-order valence-corrected chi connectivity index (χ4v) is 5.95. The normalized spacial score (nSPS) is 23.6. The van der Waals surface area contributed by atoms with Gasteiger partial charge in [-0.2, -0.15) is 5.09 Å². The van der Waals surface area contributed by atoms with E-state index in [2.05, 4.69) is 20.0 Å². The van der Waals surface area contributed by atoms with Crippen molar-refractivity contribution in [2.24, 2.45) is 0 Å². The highest BCUT2D eigenvalue weighted by atomic mass is 35.5. The van der Waals surface area contributed by atoms with E-state index in [1.807, 2.05) is 18.2 Å². The summed E-state index contributed by atoms with van der Waals surface area (Å²) in [6, 6.07) is 10.9. The Morgan fingerprint density at radius 3 is 2.74 bits per heavy atom. The van der Waals surface area contributed by atoms with E-state index in [1.54, 1.807) is 24.3 Å². The Morgan fingerprint density at radius 1 is 1.23 bits per heavy atom. The molecule has 1 aliphatic heterocycles. The monoisotopic (exact) mass is 578 g/mol. The van der Waals surface area contributed by atoms with E-state index in [0.29, 0.717) is 5.39 Å². The average Bonchev–Trinajstić information content (AvgIpc) is 3.38. The lowest BCUT2D eigenvalue weighted by Crippen LogP contribution is -2.36. The first-order chi connectivity index (χ1) is 18.6. The predicted molar refractivity (Wildman–Crippen MR) is 139 cm³/mol. The highest BCUT2D eigenvalue weighted by Gasteiger charge is 2.46. The van der Waals surface area contributed by atoms with Gasteiger partial charge in [-0.25, -0.2) is 19.5 Å². The second-order valence-electron chi connectivity index (χ2n) is 8.78. The zero-order valence-electron chi connectivity index (χ0n) is 20.3. The van der Waals surface area contributed by atoms with Crippen molar-refractivity contribution in [3.8, 4) is 5.75 Å². The smallest absolute Gasteiger partial charge is 0.459 e. The number of nitrogens with one attached hydrogen (secondary N) is 1. The molecule has 0 bridgehead atoms. The second-order valence-corrected chi connectivity index (χ2v) is 10.8. The quantitative estimate of drug-likeness (QED) is 0.143. The number of carboxylic acids is 1. The molecule has 2 aromatic carbocycles. The number of anilines is 1. The molecule has 3 heterocycles. The standard InChI is InChI=1S/C23H24ClN6O8P/c1-11(22(33)34)29-39(35,38-14-8-4-6-12-5-2-3-7-13(12)14)36-9-15-17(31)18(32)21(37-15)30-20-16(28-23(30)24)19(25)26-10-27-20/h2-8,10-11,15,17-18,21,31-32H,9H2,1H3,(H,29,35)(H,33,34)(H2,25,26,27)/t11-,15-,17+,18-,21-,39-/m1/s1. The van der Waals surface area contributed by atoms with Gasteiger partial charge in [-0.1, -0.05) is 36.4 Å². The largest absolute Gasteiger partial charge is 0.480 e. The van der Waals surface area contributed by atoms with Crippen LogP contribution in [0.4, 0.5) is 5.82 Å². The van der Waals surface area contributed by atoms with Crippen LogP contribution in [-0.4, -0.2) is 71.8 Å². The SMILES string of the molecule is C[C@@H](N[P@@](=O)(OC[C@H]1O[C@@H](n2c(Cl)nc3c(N)ncnc32)[C@H](O)[C@H]1O)Oc1cccc2ccccc12)C(=O)O. The molecule has 16 heteroatoms. The molecule has 6 atom stereocenters. The minimum absolute atomic E-state index is 0.0544. The first-order valence-corrected chi connectivity index (χ1v) is 13.6. The molecule has 2 aromatic heterocycles. The first kappa shape index (κ1) is 27.2. The van der Waals surface area contributed by atoms with Crippen molar-refractivity contribution in [3.05, 3.63) is 54.1 Å². The maximum Gasteiger partial charge on any atom is 0.459 e. The van der Waals surface area contributed by atoms with Crippen molar-refractivity contribution < 1.29 is 38.5 Å². The number of imidazole rings is 1. The third-order valence-corrected chi connectivity index (χ3v) is 8.05. The van der Waals surface area contributed by atoms with Crippen molar-refractivity contribution in [2.45, 2.75) is 37.5 Å². The Labute approximate surface area is 225 Å². The molecule has 39 heavy (non-hydrogen) atoms. The van der Waals surface area contributed by atoms with E-state index in [4.69, 9.17) is 31.1 Å². The molecule has 0 unspecified atom stereocenters. The van der Waals surface area contributed by atoms with Crippen LogP contribution in [0, 0.1) is 0 Å². The summed E-state index contributed by atoms with van der Waals surface area (Å²) < 4.78 is 32.1. The van der Waals surface area contributed by atoms with Crippen molar-refractivity contribution in [1.82, 2.24) is 24.6 Å². The number of aliphatic hydroxyl groups is 2. The molecule has 5 rings (SSSR count). The van der Waals surface area contributed by atoms with Gasteiger partial charge in [-0.3, -0.25) is 13.9 Å². The van der Waals surface area contributed by atoms with Crippen LogP contribution in [0.1, 0.15) is 13.2 Å². The number of halogens is 1. The Kier molecular flexibility index (Phi) is 7.44. The van der Waals surface area contributed by atoms with Crippen LogP contribution in [0.5, 0.6) is 5.75 Å². The molecular weight excluding hydrogens is 555 g/mol. The van der Waals surface area contributed by atoms with Crippen molar-refractivity contribution in [2.75, 3.05) is 12.3 Å². The Morgan fingerprint density at radius 2 is 1.97 bits per heavy atom. The lowest BCUT2D eigenvalue weighted by atomic mass is 10.1. The number of benzene rings is 2. The summed E-state index contributed by atoms with van der Waals surface area (Å²) in [6.07, 6.45) is -4.35. The van der Waals surface area contributed by atoms with Gasteiger partial charge in [0.15, 0.2) is 23.2 Å². The van der Waals surface area contributed by atoms with Gasteiger partial charge in [-0.15, -0.1) is 0 Å². The lowest BCUT2D eigenvalue weighted by Gasteiger charge is -2.24. The Bertz CT molecular complexity index is 1580. The highest BCUT2D eigenvalue weighted by Crippen LogP contribution is 2.47. The molecule has 1 aliphatic rings. The van der Waals surface area contributed by atoms with Crippen molar-refractivity contribution in [3.63, 3.8) is 0 Å². The van der Waals surface area contributed by atoms with Gasteiger partial charge in [0.25, 0.3) is 0 Å². The van der Waals surface area contributed by atoms with Crippen LogP contribution in [-0.2, 0) is 18.6 Å². The van der Waals surface area contributed by atoms with E-state index in [9.17, 15) is 24.7 Å². The molecule has 4 aromatic rings. The summed E-state index contributed by atoms with van der Waals surface area (Å²) in [5.74, 6) is -1.06. The zero-order chi connectivity index (χ0) is 27.9. The van der Waals surface area contributed by atoms with E-state index < -0.39 is 50.9 Å². The minimum atomic E-state index is -4.38. The molecule has 0 amide bonds. The van der Waals surface area contributed by atoms with Gasteiger partial charge in [0, 0.05) is 5.39 Å². The molecule has 206 valence electrons. The number of fused-ring (bicyclic) bond motifs is 2. The van der Waals surface area contributed by atoms with E-state index in [1.165, 1.54) is 17.8 Å². The van der Waals surface area contributed by atoms with Gasteiger partial charge < -0.3 is 30.3 Å². The van der Waals surface area contributed by atoms with E-state index in [-0.39, 0.29) is 28.0 Å². The number of aliphatic hydroxyl groups excluding tert-OH is 2. The van der Waals surface area contributed by atoms with Crippen LogP contribution < -0.4 is 15.3 Å². The second kappa shape index (κ2) is 10.7. The number of aliphatic carboxylic acids is 1. The lowest BCUT2D eigenvalue weighted by molar-refractivity contribution is -0.138. The summed E-state index contributed by atoms with van der Waals surface area (Å²) in [4.78, 5) is 23.5. The van der Waals surface area contributed by atoms with E-state index in [0.717, 1.165) is 5.39 Å². The van der Waals surface area contributed by atoms with Crippen molar-refractivity contribution in [1.29, 1.82) is 0 Å². The van der Waals surface area contributed by atoms with Crippen molar-refractivity contribution >= 4 is 53.1 Å². The van der Waals surface area contributed by atoms with Gasteiger partial charge in [0.05, 0.1) is 6.61 Å². The maximum absolute atomic E-state index is 13.8. The first-order valence-electron chi connectivity index (χ1n) is 11.7. The fourth-order valence-electron chi connectivity index (χ4n) is 4.16. The Hall–Kier alpha value is -3.36. The van der Waals surface area contributed by atoms with Crippen LogP contribution in [0.3, 0.4) is 0 Å². The highest BCUT2D eigenvalue weighted by molar-refractivity contribution is 7.52. The average molecular weight is 579 g/mol. The van der Waals surface area contributed by atoms with Gasteiger partial charge in [0.1, 0.15) is 36.4 Å². The molecule has 0 aliphatic carbocycles. The third-order valence-electron chi connectivity index (χ3n) is 6.15. The van der Waals surface area contributed by atoms with Crippen LogP contribution in [0.2, 0.25) is 5.28 Å². The summed E-state index contributed by atoms with van der Waals surface area (Å²) in [5.41, 5.74) is 6.16. The van der Waals surface area contributed by atoms with Gasteiger partial charge >= 0.3 is 13.7 Å². The third kappa shape index (κ3) is 5.28. The van der Waals surface area contributed by atoms with Crippen LogP contribution in [0.15, 0.2) is 48.8 Å². The molecule has 0 radical (unpaired) electrons. The molecule has 1 fully saturated rings. The molecule has 0 saturated carbocycles. The molecule has 14 nitrogen and oxygen atoms in total. The number of carbonyl (C=O) groups is 1. The van der Waals surface area contributed by atoms with Gasteiger partial charge in [-0.05, 0) is 30.0 Å². The molecule has 6 N–H and O–H groups in total. The number of hydrogen-bond donors (Lipinski definition) is 5. The molecular formula is C23H24ClN6O8P. The number of aromatic nitrogens is 4. The number of nitrogen functional groups attached to an aromatic ring is 1. The van der Waals surface area contributed by atoms with E-state index >= 15 is 0 Å². The summed E-state index contributed by atoms with van der Waals surface area (Å²) >= 11 is 6.25. The number of ether oxygens (including phenoxy) is 1.